The molecule has 2 rings (SSSR count). The van der Waals surface area contributed by atoms with Gasteiger partial charge in [0.25, 0.3) is 0 Å². The number of thioether (sulfide) groups is 1. The smallest absolute Gasteiger partial charge is 0.340 e. The van der Waals surface area contributed by atoms with Gasteiger partial charge in [-0.3, -0.25) is 14.9 Å². The number of aromatic nitrogens is 2. The van der Waals surface area contributed by atoms with Gasteiger partial charge in [0, 0.05) is 12.8 Å². The van der Waals surface area contributed by atoms with Gasteiger partial charge in [0.15, 0.2) is 0 Å². The minimum absolute atomic E-state index is 0.0145. The number of nitrogens with one attached hydrogen (secondary N) is 1. The summed E-state index contributed by atoms with van der Waals surface area (Å²) in [6.45, 7) is 3.45. The van der Waals surface area contributed by atoms with E-state index in [0.717, 1.165) is 11.8 Å². The van der Waals surface area contributed by atoms with Crippen molar-refractivity contribution in [3.8, 4) is 0 Å². The molecule has 1 atom stereocenters. The third-order valence-electron chi connectivity index (χ3n) is 2.81. The number of carbonyl (C=O) groups excluding carboxylic acids is 2. The average molecular weight is 295 g/mol. The molecule has 1 saturated heterocycles. The second-order valence-electron chi connectivity index (χ2n) is 4.29. The molecule has 2 heterocycles. The quantitative estimate of drug-likeness (QED) is 0.616. The Morgan fingerprint density at radius 3 is 2.65 bits per heavy atom. The van der Waals surface area contributed by atoms with Gasteiger partial charge in [-0.25, -0.2) is 14.8 Å². The van der Waals surface area contributed by atoms with E-state index in [2.05, 4.69) is 15.3 Å². The van der Waals surface area contributed by atoms with Gasteiger partial charge in [-0.2, -0.15) is 0 Å². The number of hydrogen-bond donors (Lipinski definition) is 2. The van der Waals surface area contributed by atoms with Crippen molar-refractivity contribution in [1.82, 2.24) is 15.3 Å². The van der Waals surface area contributed by atoms with Gasteiger partial charge in [-0.1, -0.05) is 18.7 Å². The van der Waals surface area contributed by atoms with Crippen LogP contribution >= 0.6 is 11.8 Å². The normalized spacial score (nSPS) is 18.2. The minimum Gasteiger partial charge on any atom is -0.478 e. The van der Waals surface area contributed by atoms with Crippen LogP contribution in [0.25, 0.3) is 0 Å². The summed E-state index contributed by atoms with van der Waals surface area (Å²) in [7, 11) is 0. The Labute approximate surface area is 119 Å². The number of imide groups is 1. The Hall–Kier alpha value is -1.96. The summed E-state index contributed by atoms with van der Waals surface area (Å²) in [5.74, 6) is -1.39. The molecule has 2 N–H and O–H groups in total. The van der Waals surface area contributed by atoms with Crippen LogP contribution in [-0.2, 0) is 16.0 Å². The fourth-order valence-corrected chi connectivity index (χ4v) is 3.03. The van der Waals surface area contributed by atoms with Crippen LogP contribution < -0.4 is 5.32 Å². The zero-order chi connectivity index (χ0) is 14.9. The number of rotatable bonds is 4. The van der Waals surface area contributed by atoms with E-state index >= 15 is 0 Å². The molecule has 1 aliphatic heterocycles. The van der Waals surface area contributed by atoms with Crippen LogP contribution in [0.2, 0.25) is 0 Å². The van der Waals surface area contributed by atoms with Crippen molar-refractivity contribution >= 4 is 29.5 Å². The molecule has 7 nitrogen and oxygen atoms in total. The summed E-state index contributed by atoms with van der Waals surface area (Å²) in [6, 6.07) is 0. The zero-order valence-electron chi connectivity index (χ0n) is 11.0. The van der Waals surface area contributed by atoms with E-state index in [1.165, 1.54) is 0 Å². The van der Waals surface area contributed by atoms with Gasteiger partial charge >= 0.3 is 5.97 Å². The summed E-state index contributed by atoms with van der Waals surface area (Å²) in [5.41, 5.74) is 0.343. The van der Waals surface area contributed by atoms with Gasteiger partial charge in [0.05, 0.1) is 10.9 Å². The Morgan fingerprint density at radius 1 is 1.45 bits per heavy atom. The molecule has 1 aromatic heterocycles. The molecular weight excluding hydrogens is 282 g/mol. The molecule has 1 fully saturated rings. The lowest BCUT2D eigenvalue weighted by molar-refractivity contribution is -0.124. The SMILES string of the molecule is CCc1nc(C)c(C(=O)O)c(SC2CC(=O)NC2=O)n1. The number of carboxylic acid groups (broad SMARTS) is 1. The molecule has 8 heteroatoms. The van der Waals surface area contributed by atoms with Crippen LogP contribution in [0, 0.1) is 6.92 Å². The van der Waals surface area contributed by atoms with Crippen LogP contribution in [0.1, 0.15) is 35.2 Å². The highest BCUT2D eigenvalue weighted by atomic mass is 32.2. The highest BCUT2D eigenvalue weighted by molar-refractivity contribution is 8.00. The summed E-state index contributed by atoms with van der Waals surface area (Å²) in [6.07, 6.45) is 0.594. The maximum Gasteiger partial charge on any atom is 0.340 e. The number of aromatic carboxylic acids is 1. The van der Waals surface area contributed by atoms with Crippen LogP contribution in [0.5, 0.6) is 0 Å². The van der Waals surface area contributed by atoms with Gasteiger partial charge in [-0.05, 0) is 6.92 Å². The maximum absolute atomic E-state index is 11.6. The van der Waals surface area contributed by atoms with E-state index in [1.54, 1.807) is 6.92 Å². The molecule has 0 bridgehead atoms. The summed E-state index contributed by atoms with van der Waals surface area (Å²) in [5, 5.41) is 11.0. The largest absolute Gasteiger partial charge is 0.478 e. The van der Waals surface area contributed by atoms with Gasteiger partial charge in [0.1, 0.15) is 16.4 Å². The highest BCUT2D eigenvalue weighted by Gasteiger charge is 2.33. The Morgan fingerprint density at radius 2 is 2.15 bits per heavy atom. The lowest BCUT2D eigenvalue weighted by Gasteiger charge is -2.11. The number of aryl methyl sites for hydroxylation is 2. The molecule has 0 spiro atoms. The van der Waals surface area contributed by atoms with E-state index in [9.17, 15) is 19.5 Å². The summed E-state index contributed by atoms with van der Waals surface area (Å²) in [4.78, 5) is 42.3. The van der Waals surface area contributed by atoms with Crippen molar-refractivity contribution in [2.24, 2.45) is 0 Å². The topological polar surface area (TPSA) is 109 Å². The first-order chi connectivity index (χ1) is 9.42. The van der Waals surface area contributed by atoms with E-state index in [0.29, 0.717) is 17.9 Å². The molecule has 0 saturated carbocycles. The van der Waals surface area contributed by atoms with Crippen molar-refractivity contribution in [2.75, 3.05) is 0 Å². The summed E-state index contributed by atoms with van der Waals surface area (Å²) < 4.78 is 0. The van der Waals surface area contributed by atoms with Crippen LogP contribution in [0.15, 0.2) is 5.03 Å². The van der Waals surface area contributed by atoms with Gasteiger partial charge in [-0.15, -0.1) is 0 Å². The Kier molecular flexibility index (Phi) is 4.03. The molecular formula is C12H13N3O4S. The maximum atomic E-state index is 11.6. The third kappa shape index (κ3) is 2.79. The molecule has 0 radical (unpaired) electrons. The van der Waals surface area contributed by atoms with Crippen LogP contribution in [0.4, 0.5) is 0 Å². The molecule has 2 amide bonds. The van der Waals surface area contributed by atoms with Gasteiger partial charge < -0.3 is 5.11 Å². The number of nitrogens with zero attached hydrogens (tertiary/aromatic N) is 2. The molecule has 0 aliphatic carbocycles. The summed E-state index contributed by atoms with van der Waals surface area (Å²) >= 11 is 0.997. The predicted molar refractivity (Wildman–Crippen MR) is 70.5 cm³/mol. The molecule has 0 aromatic carbocycles. The lowest BCUT2D eigenvalue weighted by Crippen LogP contribution is -2.23. The molecule has 1 unspecified atom stereocenters. The monoisotopic (exact) mass is 295 g/mol. The molecule has 1 aliphatic rings. The Balaban J connectivity index is 2.39. The molecule has 1 aromatic rings. The third-order valence-corrected chi connectivity index (χ3v) is 4.00. The first-order valence-corrected chi connectivity index (χ1v) is 6.91. The van der Waals surface area contributed by atoms with Crippen LogP contribution in [0.3, 0.4) is 0 Å². The van der Waals surface area contributed by atoms with E-state index in [-0.39, 0.29) is 22.9 Å². The Bertz CT molecular complexity index is 603. The molecule has 20 heavy (non-hydrogen) atoms. The average Bonchev–Trinajstić information content (AvgIpc) is 2.66. The zero-order valence-corrected chi connectivity index (χ0v) is 11.8. The highest BCUT2D eigenvalue weighted by Crippen LogP contribution is 2.30. The standard InChI is InChI=1S/C12H13N3O4S/c1-3-7-13-5(2)9(12(18)19)11(14-7)20-6-4-8(16)15-10(6)17/h6H,3-4H2,1-2H3,(H,18,19)(H,15,16,17). The minimum atomic E-state index is -1.14. The van der Waals surface area contributed by atoms with Crippen LogP contribution in [-0.4, -0.2) is 38.1 Å². The second-order valence-corrected chi connectivity index (χ2v) is 5.48. The second kappa shape index (κ2) is 5.58. The number of hydrogen-bond acceptors (Lipinski definition) is 6. The number of carboxylic acids is 1. The van der Waals surface area contributed by atoms with E-state index in [1.807, 2.05) is 6.92 Å². The lowest BCUT2D eigenvalue weighted by atomic mass is 10.2. The van der Waals surface area contributed by atoms with E-state index in [4.69, 9.17) is 0 Å². The fraction of sp³-hybridized carbons (Fsp3) is 0.417. The van der Waals surface area contributed by atoms with Crippen molar-refractivity contribution < 1.29 is 19.5 Å². The predicted octanol–water partition coefficient (Wildman–Crippen LogP) is 0.553. The van der Waals surface area contributed by atoms with Crippen molar-refractivity contribution in [3.63, 3.8) is 0 Å². The van der Waals surface area contributed by atoms with Crippen molar-refractivity contribution in [2.45, 2.75) is 37.0 Å². The van der Waals surface area contributed by atoms with Crippen molar-refractivity contribution in [1.29, 1.82) is 0 Å². The van der Waals surface area contributed by atoms with Crippen molar-refractivity contribution in [3.05, 3.63) is 17.1 Å². The fourth-order valence-electron chi connectivity index (χ4n) is 1.85. The number of amides is 2. The number of carbonyl (C=O) groups is 3. The van der Waals surface area contributed by atoms with Gasteiger partial charge in [0.2, 0.25) is 11.8 Å². The van der Waals surface area contributed by atoms with E-state index < -0.39 is 17.1 Å². The molecule has 106 valence electrons. The first kappa shape index (κ1) is 14.4. The first-order valence-electron chi connectivity index (χ1n) is 6.03.